The molecule has 0 saturated heterocycles. The van der Waals surface area contributed by atoms with E-state index < -0.39 is 18.1 Å². The number of esters is 3. The van der Waals surface area contributed by atoms with E-state index in [1.807, 2.05) is 0 Å². The van der Waals surface area contributed by atoms with Crippen molar-refractivity contribution in [1.29, 1.82) is 0 Å². The van der Waals surface area contributed by atoms with Crippen LogP contribution in [-0.4, -0.2) is 43.9 Å². The summed E-state index contributed by atoms with van der Waals surface area (Å²) in [7, 11) is 0. The maximum Gasteiger partial charge on any atom is 0.513 e. The lowest BCUT2D eigenvalue weighted by Crippen LogP contribution is -2.12. The Hall–Kier alpha value is -5.12. The van der Waals surface area contributed by atoms with Gasteiger partial charge in [0.1, 0.15) is 17.2 Å². The van der Waals surface area contributed by atoms with Crippen molar-refractivity contribution in [1.82, 2.24) is 0 Å². The normalized spacial score (nSPS) is 10.2. The molecule has 0 atom stereocenters. The van der Waals surface area contributed by atoms with E-state index in [1.165, 1.54) is 0 Å². The van der Waals surface area contributed by atoms with Gasteiger partial charge in [0, 0.05) is 6.42 Å². The Labute approximate surface area is 243 Å². The van der Waals surface area contributed by atoms with Crippen molar-refractivity contribution in [2.45, 2.75) is 32.6 Å². The van der Waals surface area contributed by atoms with Crippen molar-refractivity contribution >= 4 is 24.1 Å². The fourth-order valence-corrected chi connectivity index (χ4v) is 3.46. The maximum absolute atomic E-state index is 12.6. The standard InChI is InChI=1S/C32H32O10/c1-3-29(33)39-20-5-6-21-40-32(36)42-28-13-11-24(12-14-28)23-7-9-25(10-8-23)31(35)41-27-17-15-26(16-18-27)38-22-19-30(34)37-4-2/h4,7-18H,2-3,5-6,19-22H2,1H3. The summed E-state index contributed by atoms with van der Waals surface area (Å²) >= 11 is 0. The molecule has 10 nitrogen and oxygen atoms in total. The molecular formula is C32H32O10. The Morgan fingerprint density at radius 3 is 1.83 bits per heavy atom. The predicted molar refractivity (Wildman–Crippen MR) is 152 cm³/mol. The van der Waals surface area contributed by atoms with E-state index in [-0.39, 0.29) is 32.2 Å². The van der Waals surface area contributed by atoms with Crippen molar-refractivity contribution in [3.05, 3.63) is 91.2 Å². The van der Waals surface area contributed by atoms with Crippen LogP contribution in [0, 0.1) is 0 Å². The Kier molecular flexibility index (Phi) is 12.6. The molecule has 0 aliphatic carbocycles. The number of carbonyl (C=O) groups is 4. The summed E-state index contributed by atoms with van der Waals surface area (Å²) in [5.41, 5.74) is 2.07. The van der Waals surface area contributed by atoms with Gasteiger partial charge in [0.25, 0.3) is 0 Å². The number of ether oxygens (including phenoxy) is 6. The number of carbonyl (C=O) groups excluding carboxylic acids is 4. The molecule has 10 heteroatoms. The maximum atomic E-state index is 12.6. The Balaban J connectivity index is 1.42. The third-order valence-electron chi connectivity index (χ3n) is 5.64. The van der Waals surface area contributed by atoms with Crippen molar-refractivity contribution in [3.8, 4) is 28.4 Å². The van der Waals surface area contributed by atoms with Crippen LogP contribution in [0.1, 0.15) is 43.0 Å². The topological polar surface area (TPSA) is 124 Å². The molecule has 42 heavy (non-hydrogen) atoms. The van der Waals surface area contributed by atoms with E-state index in [4.69, 9.17) is 23.7 Å². The van der Waals surface area contributed by atoms with Crippen molar-refractivity contribution in [2.75, 3.05) is 19.8 Å². The molecule has 3 aromatic rings. The molecular weight excluding hydrogens is 544 g/mol. The average molecular weight is 577 g/mol. The van der Waals surface area contributed by atoms with Crippen LogP contribution in [0.2, 0.25) is 0 Å². The summed E-state index contributed by atoms with van der Waals surface area (Å²) in [5, 5.41) is 0. The van der Waals surface area contributed by atoms with E-state index >= 15 is 0 Å². The van der Waals surface area contributed by atoms with E-state index in [2.05, 4.69) is 11.3 Å². The van der Waals surface area contributed by atoms with E-state index in [0.717, 1.165) is 17.4 Å². The molecule has 0 bridgehead atoms. The molecule has 3 rings (SSSR count). The highest BCUT2D eigenvalue weighted by Crippen LogP contribution is 2.24. The lowest BCUT2D eigenvalue weighted by Gasteiger charge is -2.09. The van der Waals surface area contributed by atoms with Crippen LogP contribution < -0.4 is 14.2 Å². The van der Waals surface area contributed by atoms with Gasteiger partial charge in [-0.1, -0.05) is 37.8 Å². The molecule has 0 radical (unpaired) electrons. The highest BCUT2D eigenvalue weighted by atomic mass is 16.7. The summed E-state index contributed by atoms with van der Waals surface area (Å²) in [6.07, 6.45) is 1.80. The lowest BCUT2D eigenvalue weighted by molar-refractivity contribution is -0.143. The van der Waals surface area contributed by atoms with Crippen LogP contribution in [0.3, 0.4) is 0 Å². The van der Waals surface area contributed by atoms with Crippen molar-refractivity contribution in [3.63, 3.8) is 0 Å². The van der Waals surface area contributed by atoms with Gasteiger partial charge >= 0.3 is 24.1 Å². The molecule has 0 spiro atoms. The molecule has 0 heterocycles. The van der Waals surface area contributed by atoms with E-state index in [9.17, 15) is 19.2 Å². The van der Waals surface area contributed by atoms with Gasteiger partial charge in [-0.3, -0.25) is 9.59 Å². The van der Waals surface area contributed by atoms with Crippen LogP contribution in [0.15, 0.2) is 85.6 Å². The molecule has 0 unspecified atom stereocenters. The fraction of sp³-hybridized carbons (Fsp3) is 0.250. The van der Waals surface area contributed by atoms with Gasteiger partial charge < -0.3 is 28.4 Å². The minimum Gasteiger partial charge on any atom is -0.493 e. The van der Waals surface area contributed by atoms with E-state index in [0.29, 0.717) is 42.1 Å². The number of rotatable bonds is 15. The monoisotopic (exact) mass is 576 g/mol. The van der Waals surface area contributed by atoms with Gasteiger partial charge in [-0.2, -0.15) is 0 Å². The molecule has 0 aliphatic rings. The fourth-order valence-electron chi connectivity index (χ4n) is 3.46. The van der Waals surface area contributed by atoms with Crippen molar-refractivity contribution < 1.29 is 47.6 Å². The molecule has 0 aliphatic heterocycles. The molecule has 220 valence electrons. The lowest BCUT2D eigenvalue weighted by atomic mass is 10.0. The average Bonchev–Trinajstić information content (AvgIpc) is 3.00. The van der Waals surface area contributed by atoms with Crippen molar-refractivity contribution in [2.24, 2.45) is 0 Å². The van der Waals surface area contributed by atoms with Gasteiger partial charge in [0.15, 0.2) is 0 Å². The van der Waals surface area contributed by atoms with E-state index in [1.54, 1.807) is 79.7 Å². The largest absolute Gasteiger partial charge is 0.513 e. The van der Waals surface area contributed by atoms with Gasteiger partial charge in [0.05, 0.1) is 38.1 Å². The number of hydrogen-bond acceptors (Lipinski definition) is 10. The third-order valence-corrected chi connectivity index (χ3v) is 5.64. The van der Waals surface area contributed by atoms with Gasteiger partial charge in [0.2, 0.25) is 0 Å². The van der Waals surface area contributed by atoms with Crippen LogP contribution >= 0.6 is 0 Å². The summed E-state index contributed by atoms with van der Waals surface area (Å²) in [4.78, 5) is 46.8. The second-order valence-corrected chi connectivity index (χ2v) is 8.70. The molecule has 0 saturated carbocycles. The SMILES string of the molecule is C=COC(=O)CCOc1ccc(OC(=O)c2ccc(-c3ccc(OC(=O)OCCCCOC(=O)CC)cc3)cc2)cc1. The zero-order chi connectivity index (χ0) is 30.2. The summed E-state index contributed by atoms with van der Waals surface area (Å²) < 4.78 is 30.7. The van der Waals surface area contributed by atoms with Gasteiger partial charge in [-0.25, -0.2) is 9.59 Å². The smallest absolute Gasteiger partial charge is 0.493 e. The van der Waals surface area contributed by atoms with Gasteiger partial charge in [-0.05, 0) is 72.5 Å². The first-order chi connectivity index (χ1) is 20.4. The molecule has 0 fully saturated rings. The summed E-state index contributed by atoms with van der Waals surface area (Å²) in [6.45, 7) is 5.63. The Bertz CT molecular complexity index is 1330. The Morgan fingerprint density at radius 1 is 0.667 bits per heavy atom. The van der Waals surface area contributed by atoms with Gasteiger partial charge in [-0.15, -0.1) is 0 Å². The predicted octanol–water partition coefficient (Wildman–Crippen LogP) is 6.28. The highest BCUT2D eigenvalue weighted by molar-refractivity contribution is 5.91. The summed E-state index contributed by atoms with van der Waals surface area (Å²) in [6, 6.07) is 20.2. The van der Waals surface area contributed by atoms with Crippen LogP contribution in [0.25, 0.3) is 11.1 Å². The van der Waals surface area contributed by atoms with Crippen LogP contribution in [-0.2, 0) is 23.8 Å². The molecule has 0 N–H and O–H groups in total. The number of unbranched alkanes of at least 4 members (excludes halogenated alkanes) is 1. The number of hydrogen-bond donors (Lipinski definition) is 0. The van der Waals surface area contributed by atoms with Crippen LogP contribution in [0.4, 0.5) is 4.79 Å². The number of benzene rings is 3. The molecule has 0 aromatic heterocycles. The zero-order valence-corrected chi connectivity index (χ0v) is 23.2. The highest BCUT2D eigenvalue weighted by Gasteiger charge is 2.11. The molecule has 0 amide bonds. The second-order valence-electron chi connectivity index (χ2n) is 8.70. The third kappa shape index (κ3) is 10.8. The summed E-state index contributed by atoms with van der Waals surface area (Å²) in [5.74, 6) is -0.0377. The zero-order valence-electron chi connectivity index (χ0n) is 23.2. The minimum atomic E-state index is -0.816. The minimum absolute atomic E-state index is 0.0770. The second kappa shape index (κ2) is 16.9. The first-order valence-corrected chi connectivity index (χ1v) is 13.3. The Morgan fingerprint density at radius 2 is 1.21 bits per heavy atom. The van der Waals surface area contributed by atoms with Crippen LogP contribution in [0.5, 0.6) is 17.2 Å². The quantitative estimate of drug-likeness (QED) is 0.0510. The first kappa shape index (κ1) is 31.4. The first-order valence-electron chi connectivity index (χ1n) is 13.3. The molecule has 3 aromatic carbocycles.